The third kappa shape index (κ3) is 3.24. The van der Waals surface area contributed by atoms with Gasteiger partial charge in [0.2, 0.25) is 10.0 Å². The zero-order chi connectivity index (χ0) is 16.3. The molecule has 2 rings (SSSR count). The van der Waals surface area contributed by atoms with E-state index in [1.54, 1.807) is 30.5 Å². The van der Waals surface area contributed by atoms with Crippen LogP contribution in [0.3, 0.4) is 0 Å². The third-order valence-electron chi connectivity index (χ3n) is 3.51. The van der Waals surface area contributed by atoms with Crippen molar-refractivity contribution in [3.8, 4) is 6.07 Å². The molecule has 2 N–H and O–H groups in total. The first-order chi connectivity index (χ1) is 10.3. The number of aromatic nitrogens is 1. The van der Waals surface area contributed by atoms with Gasteiger partial charge in [-0.1, -0.05) is 12.1 Å². The Kier molecular flexibility index (Phi) is 4.45. The van der Waals surface area contributed by atoms with Gasteiger partial charge in [-0.25, -0.2) is 18.5 Å². The minimum Gasteiger partial charge on any atom is -0.352 e. The molecule has 22 heavy (non-hydrogen) atoms. The molecule has 114 valence electrons. The van der Waals surface area contributed by atoms with Crippen molar-refractivity contribution >= 4 is 15.8 Å². The molecule has 0 fully saturated rings. The summed E-state index contributed by atoms with van der Waals surface area (Å²) < 4.78 is 22.5. The molecule has 0 amide bonds. The van der Waals surface area contributed by atoms with Crippen LogP contribution in [0.15, 0.2) is 47.5 Å². The van der Waals surface area contributed by atoms with E-state index in [-0.39, 0.29) is 10.9 Å². The van der Waals surface area contributed by atoms with Gasteiger partial charge in [-0.05, 0) is 36.8 Å². The lowest BCUT2D eigenvalue weighted by Gasteiger charge is -2.27. The first kappa shape index (κ1) is 15.9. The van der Waals surface area contributed by atoms with Crippen molar-refractivity contribution in [1.82, 2.24) is 4.98 Å². The van der Waals surface area contributed by atoms with Crippen LogP contribution in [-0.4, -0.2) is 20.4 Å². The minimum atomic E-state index is -3.70. The summed E-state index contributed by atoms with van der Waals surface area (Å²) >= 11 is 0. The van der Waals surface area contributed by atoms with Gasteiger partial charge in [0.25, 0.3) is 0 Å². The Hall–Kier alpha value is -2.43. The van der Waals surface area contributed by atoms with E-state index in [1.165, 1.54) is 12.1 Å². The van der Waals surface area contributed by atoms with Gasteiger partial charge in [0.05, 0.1) is 16.5 Å². The molecule has 1 heterocycles. The van der Waals surface area contributed by atoms with Crippen molar-refractivity contribution in [3.05, 3.63) is 53.7 Å². The van der Waals surface area contributed by atoms with Crippen molar-refractivity contribution in [1.29, 1.82) is 5.26 Å². The number of anilines is 1. The molecule has 1 atom stereocenters. The van der Waals surface area contributed by atoms with Crippen LogP contribution in [0.25, 0.3) is 0 Å². The van der Waals surface area contributed by atoms with Gasteiger partial charge in [0, 0.05) is 13.2 Å². The fourth-order valence-corrected chi connectivity index (χ4v) is 2.62. The number of primary sulfonamides is 1. The summed E-state index contributed by atoms with van der Waals surface area (Å²) in [6.45, 7) is 1.95. The van der Waals surface area contributed by atoms with Crippen LogP contribution in [-0.2, 0) is 10.0 Å². The van der Waals surface area contributed by atoms with E-state index in [4.69, 9.17) is 10.4 Å². The predicted octanol–water partition coefficient (Wildman–Crippen LogP) is 1.80. The highest BCUT2D eigenvalue weighted by Gasteiger charge is 2.17. The number of rotatable bonds is 4. The Balaban J connectivity index is 2.32. The topological polar surface area (TPSA) is 100 Å². The van der Waals surface area contributed by atoms with Crippen molar-refractivity contribution < 1.29 is 8.42 Å². The van der Waals surface area contributed by atoms with Crippen LogP contribution >= 0.6 is 0 Å². The smallest absolute Gasteiger partial charge is 0.238 e. The van der Waals surface area contributed by atoms with Gasteiger partial charge in [-0.15, -0.1) is 0 Å². The zero-order valence-electron chi connectivity index (χ0n) is 12.3. The van der Waals surface area contributed by atoms with Crippen molar-refractivity contribution in [2.45, 2.75) is 17.9 Å². The summed E-state index contributed by atoms with van der Waals surface area (Å²) in [4.78, 5) is 6.18. The lowest BCUT2D eigenvalue weighted by Crippen LogP contribution is -2.23. The molecule has 7 heteroatoms. The molecule has 0 spiro atoms. The van der Waals surface area contributed by atoms with E-state index in [1.807, 2.05) is 18.9 Å². The summed E-state index contributed by atoms with van der Waals surface area (Å²) in [5, 5.41) is 14.2. The molecule has 0 bridgehead atoms. The second-order valence-corrected chi connectivity index (χ2v) is 6.45. The summed E-state index contributed by atoms with van der Waals surface area (Å²) in [5.74, 6) is 0.577. The number of nitriles is 1. The molecule has 0 aliphatic rings. The number of benzene rings is 1. The molecule has 0 saturated heterocycles. The number of nitrogens with zero attached hydrogens (tertiary/aromatic N) is 3. The highest BCUT2D eigenvalue weighted by atomic mass is 32.2. The summed E-state index contributed by atoms with van der Waals surface area (Å²) in [6.07, 6.45) is 1.63. The summed E-state index contributed by atoms with van der Waals surface area (Å²) in [7, 11) is -1.86. The van der Waals surface area contributed by atoms with Gasteiger partial charge < -0.3 is 4.90 Å². The quantitative estimate of drug-likeness (QED) is 0.927. The Morgan fingerprint density at radius 2 is 1.91 bits per heavy atom. The molecule has 1 aromatic carbocycles. The van der Waals surface area contributed by atoms with E-state index in [9.17, 15) is 8.42 Å². The molecule has 0 saturated carbocycles. The lowest BCUT2D eigenvalue weighted by atomic mass is 10.1. The van der Waals surface area contributed by atoms with E-state index in [2.05, 4.69) is 11.1 Å². The number of hydrogen-bond donors (Lipinski definition) is 1. The van der Waals surface area contributed by atoms with E-state index < -0.39 is 10.0 Å². The Labute approximate surface area is 129 Å². The van der Waals surface area contributed by atoms with Gasteiger partial charge in [-0.2, -0.15) is 5.26 Å². The van der Waals surface area contributed by atoms with Crippen LogP contribution in [0.2, 0.25) is 0 Å². The predicted molar refractivity (Wildman–Crippen MR) is 83.6 cm³/mol. The highest BCUT2D eigenvalue weighted by Crippen LogP contribution is 2.26. The van der Waals surface area contributed by atoms with E-state index >= 15 is 0 Å². The SMILES string of the molecule is CC(c1ccc(S(N)(=O)=O)cc1)N(C)c1ncccc1C#N. The maximum absolute atomic E-state index is 11.3. The van der Waals surface area contributed by atoms with Gasteiger partial charge in [0.15, 0.2) is 0 Å². The second kappa shape index (κ2) is 6.13. The largest absolute Gasteiger partial charge is 0.352 e. The van der Waals surface area contributed by atoms with E-state index in [0.29, 0.717) is 11.4 Å². The number of hydrogen-bond acceptors (Lipinski definition) is 5. The van der Waals surface area contributed by atoms with Crippen molar-refractivity contribution in [3.63, 3.8) is 0 Å². The third-order valence-corrected chi connectivity index (χ3v) is 4.44. The fourth-order valence-electron chi connectivity index (χ4n) is 2.11. The number of pyridine rings is 1. The van der Waals surface area contributed by atoms with E-state index in [0.717, 1.165) is 5.56 Å². The van der Waals surface area contributed by atoms with Gasteiger partial charge in [0.1, 0.15) is 11.9 Å². The number of nitrogens with two attached hydrogens (primary N) is 1. The van der Waals surface area contributed by atoms with Crippen LogP contribution in [0, 0.1) is 11.3 Å². The second-order valence-electron chi connectivity index (χ2n) is 4.89. The molecule has 0 aliphatic carbocycles. The minimum absolute atomic E-state index is 0.0710. The molecule has 0 aliphatic heterocycles. The molecule has 6 nitrogen and oxygen atoms in total. The van der Waals surface area contributed by atoms with Crippen LogP contribution in [0.4, 0.5) is 5.82 Å². The molecule has 1 unspecified atom stereocenters. The first-order valence-electron chi connectivity index (χ1n) is 6.55. The number of sulfonamides is 1. The highest BCUT2D eigenvalue weighted by molar-refractivity contribution is 7.89. The molecule has 0 radical (unpaired) electrons. The zero-order valence-corrected chi connectivity index (χ0v) is 13.1. The molecular formula is C15H16N4O2S. The summed E-state index contributed by atoms with van der Waals surface area (Å²) in [5.41, 5.74) is 1.38. The van der Waals surface area contributed by atoms with Crippen LogP contribution in [0.1, 0.15) is 24.1 Å². The normalized spacial score (nSPS) is 12.5. The van der Waals surface area contributed by atoms with Gasteiger partial charge >= 0.3 is 0 Å². The average Bonchev–Trinajstić information content (AvgIpc) is 2.52. The Bertz CT molecular complexity index is 810. The fraction of sp³-hybridized carbons (Fsp3) is 0.200. The maximum Gasteiger partial charge on any atom is 0.238 e. The average molecular weight is 316 g/mol. The molecule has 2 aromatic rings. The molecular weight excluding hydrogens is 300 g/mol. The molecule has 1 aromatic heterocycles. The van der Waals surface area contributed by atoms with Gasteiger partial charge in [-0.3, -0.25) is 0 Å². The standard InChI is InChI=1S/C15H16N4O2S/c1-11(12-5-7-14(8-6-12)22(17,20)21)19(2)15-13(10-16)4-3-9-18-15/h3-9,11H,1-2H3,(H2,17,20,21). The summed E-state index contributed by atoms with van der Waals surface area (Å²) in [6, 6.07) is 11.8. The monoisotopic (exact) mass is 316 g/mol. The Morgan fingerprint density at radius 3 is 2.45 bits per heavy atom. The first-order valence-corrected chi connectivity index (χ1v) is 8.10. The van der Waals surface area contributed by atoms with Crippen LogP contribution in [0.5, 0.6) is 0 Å². The maximum atomic E-state index is 11.3. The Morgan fingerprint density at radius 1 is 1.27 bits per heavy atom. The van der Waals surface area contributed by atoms with Crippen molar-refractivity contribution in [2.75, 3.05) is 11.9 Å². The van der Waals surface area contributed by atoms with Crippen LogP contribution < -0.4 is 10.0 Å². The van der Waals surface area contributed by atoms with Crippen molar-refractivity contribution in [2.24, 2.45) is 5.14 Å². The lowest BCUT2D eigenvalue weighted by molar-refractivity contribution is 0.597.